The molecule has 2 aromatic rings. The van der Waals surface area contributed by atoms with E-state index in [1.54, 1.807) is 11.0 Å². The van der Waals surface area contributed by atoms with Crippen LogP contribution in [-0.2, 0) is 16.8 Å². The van der Waals surface area contributed by atoms with Gasteiger partial charge in [-0.25, -0.2) is 4.98 Å². The highest BCUT2D eigenvalue weighted by Gasteiger charge is 2.32. The lowest BCUT2D eigenvalue weighted by atomic mass is 9.84. The third kappa shape index (κ3) is 8.25. The first-order valence-electron chi connectivity index (χ1n) is 14.4. The highest BCUT2D eigenvalue weighted by atomic mass is 79.9. The molecule has 0 fully saturated rings. The number of benzene rings is 1. The molecule has 1 aliphatic rings. The van der Waals surface area contributed by atoms with Gasteiger partial charge in [0.2, 0.25) is 0 Å². The van der Waals surface area contributed by atoms with Gasteiger partial charge in [0.15, 0.2) is 17.2 Å². The van der Waals surface area contributed by atoms with E-state index in [4.69, 9.17) is 20.0 Å². The number of ketones is 1. The van der Waals surface area contributed by atoms with Crippen LogP contribution in [0.5, 0.6) is 11.5 Å². The van der Waals surface area contributed by atoms with Crippen molar-refractivity contribution in [1.29, 1.82) is 5.41 Å². The van der Waals surface area contributed by atoms with Crippen LogP contribution in [0.1, 0.15) is 92.1 Å². The number of aromatic nitrogens is 1. The SMILES string of the molecule is Br.CCOc1cc2c(nc1C(=O)NC)C(=N)N(CC(=O)c1cc(N(CC)CC)c(OCCCC(=O)O)c(C(C)(C)C)c1)C2. The minimum atomic E-state index is -0.872. The van der Waals surface area contributed by atoms with E-state index in [9.17, 15) is 14.4 Å². The lowest BCUT2D eigenvalue weighted by Crippen LogP contribution is -2.31. The number of nitrogens with zero attached hydrogens (tertiary/aromatic N) is 3. The van der Waals surface area contributed by atoms with Crippen molar-refractivity contribution in [3.8, 4) is 11.5 Å². The number of carbonyl (C=O) groups is 3. The second-order valence-corrected chi connectivity index (χ2v) is 11.1. The van der Waals surface area contributed by atoms with E-state index in [-0.39, 0.29) is 59.3 Å². The van der Waals surface area contributed by atoms with Gasteiger partial charge in [-0.15, -0.1) is 17.0 Å². The first-order chi connectivity index (χ1) is 19.9. The van der Waals surface area contributed by atoms with Crippen LogP contribution in [0.4, 0.5) is 5.69 Å². The van der Waals surface area contributed by atoms with Crippen molar-refractivity contribution in [1.82, 2.24) is 15.2 Å². The molecule has 1 amide bonds. The average molecular weight is 663 g/mol. The molecule has 11 nitrogen and oxygen atoms in total. The van der Waals surface area contributed by atoms with Crippen molar-refractivity contribution in [2.75, 3.05) is 44.8 Å². The fourth-order valence-electron chi connectivity index (χ4n) is 4.92. The average Bonchev–Trinajstić information content (AvgIpc) is 3.24. The van der Waals surface area contributed by atoms with Crippen molar-refractivity contribution in [3.05, 3.63) is 46.3 Å². The molecule has 0 spiro atoms. The van der Waals surface area contributed by atoms with Gasteiger partial charge in [-0.05, 0) is 50.8 Å². The number of halogens is 1. The van der Waals surface area contributed by atoms with Gasteiger partial charge in [-0.2, -0.15) is 0 Å². The van der Waals surface area contributed by atoms with Crippen molar-refractivity contribution in [2.24, 2.45) is 0 Å². The van der Waals surface area contributed by atoms with E-state index in [0.717, 1.165) is 11.3 Å². The van der Waals surface area contributed by atoms with E-state index in [1.165, 1.54) is 7.05 Å². The normalized spacial score (nSPS) is 12.3. The highest BCUT2D eigenvalue weighted by Crippen LogP contribution is 2.41. The van der Waals surface area contributed by atoms with E-state index >= 15 is 0 Å². The predicted molar refractivity (Wildman–Crippen MR) is 172 cm³/mol. The summed E-state index contributed by atoms with van der Waals surface area (Å²) in [5, 5.41) is 20.3. The summed E-state index contributed by atoms with van der Waals surface area (Å²) in [4.78, 5) is 45.4. The minimum absolute atomic E-state index is 0. The minimum Gasteiger partial charge on any atom is -0.491 e. The van der Waals surface area contributed by atoms with Gasteiger partial charge in [-0.3, -0.25) is 19.8 Å². The summed E-state index contributed by atoms with van der Waals surface area (Å²) in [6.07, 6.45) is 0.382. The fraction of sp³-hybridized carbons (Fsp3) is 0.516. The molecule has 1 aromatic heterocycles. The van der Waals surface area contributed by atoms with Gasteiger partial charge in [-0.1, -0.05) is 20.8 Å². The Morgan fingerprint density at radius 1 is 1.12 bits per heavy atom. The number of anilines is 1. The highest BCUT2D eigenvalue weighted by molar-refractivity contribution is 8.93. The van der Waals surface area contributed by atoms with E-state index in [0.29, 0.717) is 61.0 Å². The number of aliphatic carboxylic acids is 1. The predicted octanol–water partition coefficient (Wildman–Crippen LogP) is 4.83. The number of carboxylic acid groups (broad SMARTS) is 1. The van der Waals surface area contributed by atoms with Gasteiger partial charge in [0.05, 0.1) is 25.4 Å². The molecule has 0 saturated heterocycles. The Kier molecular flexibility index (Phi) is 12.5. The number of hydrogen-bond donors (Lipinski definition) is 3. The van der Waals surface area contributed by atoms with Crippen molar-refractivity contribution in [3.63, 3.8) is 0 Å². The Labute approximate surface area is 264 Å². The second kappa shape index (κ2) is 15.2. The van der Waals surface area contributed by atoms with E-state index in [2.05, 4.69) is 15.2 Å². The third-order valence-electron chi connectivity index (χ3n) is 7.13. The number of ether oxygens (including phenoxy) is 2. The molecule has 1 aliphatic heterocycles. The van der Waals surface area contributed by atoms with E-state index in [1.807, 2.05) is 53.7 Å². The van der Waals surface area contributed by atoms with Crippen molar-refractivity contribution in [2.45, 2.75) is 66.3 Å². The number of carboxylic acids is 1. The van der Waals surface area contributed by atoms with Gasteiger partial charge in [0.25, 0.3) is 5.91 Å². The summed E-state index contributed by atoms with van der Waals surface area (Å²) in [6, 6.07) is 5.41. The number of amides is 1. The van der Waals surface area contributed by atoms with Gasteiger partial charge >= 0.3 is 5.97 Å². The van der Waals surface area contributed by atoms with Crippen LogP contribution in [-0.4, -0.2) is 78.4 Å². The number of pyridine rings is 1. The molecule has 2 heterocycles. The lowest BCUT2D eigenvalue weighted by Gasteiger charge is -2.31. The number of Topliss-reactive ketones (excluding diaryl/α,β-unsaturated/α-hetero) is 1. The summed E-state index contributed by atoms with van der Waals surface area (Å²) in [5.74, 6) is -0.376. The molecule has 3 rings (SSSR count). The van der Waals surface area contributed by atoms with Crippen LogP contribution in [0.2, 0.25) is 0 Å². The summed E-state index contributed by atoms with van der Waals surface area (Å²) in [6.45, 7) is 14.2. The molecule has 0 saturated carbocycles. The summed E-state index contributed by atoms with van der Waals surface area (Å²) < 4.78 is 11.9. The van der Waals surface area contributed by atoms with Gasteiger partial charge in [0, 0.05) is 49.8 Å². The topological polar surface area (TPSA) is 145 Å². The van der Waals surface area contributed by atoms with Gasteiger partial charge in [0.1, 0.15) is 17.3 Å². The Morgan fingerprint density at radius 3 is 2.35 bits per heavy atom. The lowest BCUT2D eigenvalue weighted by molar-refractivity contribution is -0.137. The van der Waals surface area contributed by atoms with Gasteiger partial charge < -0.3 is 29.7 Å². The molecule has 1 aromatic carbocycles. The molecule has 0 radical (unpaired) electrons. The Balaban J connectivity index is 0.00000645. The zero-order valence-corrected chi connectivity index (χ0v) is 27.8. The largest absolute Gasteiger partial charge is 0.491 e. The summed E-state index contributed by atoms with van der Waals surface area (Å²) in [5.41, 5.74) is 2.94. The van der Waals surface area contributed by atoms with Crippen LogP contribution >= 0.6 is 17.0 Å². The number of nitrogens with one attached hydrogen (secondary N) is 2. The zero-order valence-electron chi connectivity index (χ0n) is 26.1. The molecule has 0 atom stereocenters. The molecule has 12 heteroatoms. The maximum Gasteiger partial charge on any atom is 0.303 e. The number of rotatable bonds is 14. The van der Waals surface area contributed by atoms with Crippen LogP contribution in [0.15, 0.2) is 18.2 Å². The first kappa shape index (κ1) is 35.5. The number of hydrogen-bond acceptors (Lipinski definition) is 8. The number of fused-ring (bicyclic) bond motifs is 1. The third-order valence-corrected chi connectivity index (χ3v) is 7.13. The summed E-state index contributed by atoms with van der Waals surface area (Å²) >= 11 is 0. The fourth-order valence-corrected chi connectivity index (χ4v) is 4.92. The van der Waals surface area contributed by atoms with Crippen LogP contribution in [0, 0.1) is 5.41 Å². The molecular formula is C31H44BrN5O6. The second-order valence-electron chi connectivity index (χ2n) is 11.1. The van der Waals surface area contributed by atoms with Crippen LogP contribution in [0.3, 0.4) is 0 Å². The maximum atomic E-state index is 13.8. The number of amidine groups is 1. The Bertz CT molecular complexity index is 1350. The van der Waals surface area contributed by atoms with Crippen molar-refractivity contribution >= 4 is 46.2 Å². The monoisotopic (exact) mass is 661 g/mol. The summed E-state index contributed by atoms with van der Waals surface area (Å²) in [7, 11) is 1.51. The Hall–Kier alpha value is -3.67. The maximum absolute atomic E-state index is 13.8. The molecule has 0 aliphatic carbocycles. The Morgan fingerprint density at radius 2 is 1.79 bits per heavy atom. The van der Waals surface area contributed by atoms with Crippen LogP contribution in [0.25, 0.3) is 0 Å². The zero-order chi connectivity index (χ0) is 31.2. The molecule has 3 N–H and O–H groups in total. The molecule has 43 heavy (non-hydrogen) atoms. The molecule has 0 bridgehead atoms. The standard InChI is InChI=1S/C31H43N5O6.BrH/c1-8-35(9-2)22-15-19(14-21(31(4,5)6)28(22)42-13-11-12-25(38)39)23(37)18-36-17-20-16-24(41-10-3)27(30(40)33-7)34-26(20)29(36)32;/h14-16,32H,8-13,17-18H2,1-7H3,(H,33,40)(H,38,39);1H. The smallest absolute Gasteiger partial charge is 0.303 e. The quantitative estimate of drug-likeness (QED) is 0.191. The van der Waals surface area contributed by atoms with E-state index < -0.39 is 11.9 Å². The van der Waals surface area contributed by atoms with Crippen LogP contribution < -0.4 is 19.7 Å². The first-order valence-corrected chi connectivity index (χ1v) is 14.4. The van der Waals surface area contributed by atoms with Crippen molar-refractivity contribution < 1.29 is 29.0 Å². The molecular weight excluding hydrogens is 618 g/mol. The molecule has 0 unspecified atom stereocenters. The number of carbonyl (C=O) groups excluding carboxylic acids is 2. The molecule has 236 valence electrons.